The summed E-state index contributed by atoms with van der Waals surface area (Å²) in [5.41, 5.74) is 1.77. The van der Waals surface area contributed by atoms with Gasteiger partial charge in [-0.3, -0.25) is 4.79 Å². The summed E-state index contributed by atoms with van der Waals surface area (Å²) >= 11 is 0. The van der Waals surface area contributed by atoms with Crippen molar-refractivity contribution >= 4 is 11.6 Å². The summed E-state index contributed by atoms with van der Waals surface area (Å²) in [6, 6.07) is 12.8. The molecule has 1 heterocycles. The first kappa shape index (κ1) is 19.0. The lowest BCUT2D eigenvalue weighted by Crippen LogP contribution is -2.36. The number of methoxy groups -OCH3 is 3. The van der Waals surface area contributed by atoms with E-state index in [9.17, 15) is 9.90 Å². The maximum atomic E-state index is 13.0. The molecule has 2 aromatic carbocycles. The van der Waals surface area contributed by atoms with Crippen LogP contribution in [0.25, 0.3) is 0 Å². The Bertz CT molecular complexity index is 790. The minimum absolute atomic E-state index is 0.0222. The zero-order chi connectivity index (χ0) is 19.4. The van der Waals surface area contributed by atoms with Crippen LogP contribution in [0.5, 0.6) is 17.2 Å². The van der Waals surface area contributed by atoms with Crippen molar-refractivity contribution in [3.8, 4) is 17.2 Å². The molecule has 1 N–H and O–H groups in total. The fourth-order valence-corrected chi connectivity index (χ4v) is 3.61. The number of benzene rings is 2. The Balaban J connectivity index is 1.80. The van der Waals surface area contributed by atoms with Gasteiger partial charge in [0.25, 0.3) is 0 Å². The zero-order valence-electron chi connectivity index (χ0n) is 15.8. The second-order valence-electron chi connectivity index (χ2n) is 6.57. The average Bonchev–Trinajstić information content (AvgIpc) is 3.03. The lowest BCUT2D eigenvalue weighted by molar-refractivity contribution is -0.120. The largest absolute Gasteiger partial charge is 0.497 e. The van der Waals surface area contributed by atoms with Crippen LogP contribution in [0.2, 0.25) is 0 Å². The molecule has 0 bridgehead atoms. The van der Waals surface area contributed by atoms with Crippen molar-refractivity contribution in [3.05, 3.63) is 48.0 Å². The van der Waals surface area contributed by atoms with Crippen molar-refractivity contribution in [3.63, 3.8) is 0 Å². The highest BCUT2D eigenvalue weighted by molar-refractivity contribution is 5.98. The summed E-state index contributed by atoms with van der Waals surface area (Å²) in [5.74, 6) is 1.86. The molecule has 0 radical (unpaired) electrons. The van der Waals surface area contributed by atoms with E-state index in [0.29, 0.717) is 24.3 Å². The van der Waals surface area contributed by atoms with Crippen molar-refractivity contribution < 1.29 is 24.1 Å². The SMILES string of the molecule is COc1ccc(N2C(=O)C(Cc3ccc(OC)c(OC)c3)CC2CO)cc1. The van der Waals surface area contributed by atoms with E-state index >= 15 is 0 Å². The van der Waals surface area contributed by atoms with Gasteiger partial charge in [-0.25, -0.2) is 0 Å². The quantitative estimate of drug-likeness (QED) is 0.810. The van der Waals surface area contributed by atoms with E-state index in [-0.39, 0.29) is 24.5 Å². The van der Waals surface area contributed by atoms with Gasteiger partial charge in [-0.1, -0.05) is 6.07 Å². The van der Waals surface area contributed by atoms with E-state index in [1.807, 2.05) is 42.5 Å². The first-order valence-electron chi connectivity index (χ1n) is 8.90. The van der Waals surface area contributed by atoms with Crippen LogP contribution in [0, 0.1) is 5.92 Å². The van der Waals surface area contributed by atoms with Gasteiger partial charge in [-0.15, -0.1) is 0 Å². The Morgan fingerprint density at radius 2 is 1.70 bits per heavy atom. The number of ether oxygens (including phenoxy) is 3. The molecule has 0 spiro atoms. The number of carbonyl (C=O) groups excluding carboxylic acids is 1. The molecular weight excluding hydrogens is 346 g/mol. The molecule has 1 aliphatic rings. The first-order chi connectivity index (χ1) is 13.1. The first-order valence-corrected chi connectivity index (χ1v) is 8.90. The van der Waals surface area contributed by atoms with Gasteiger partial charge in [0.1, 0.15) is 5.75 Å². The molecule has 2 atom stereocenters. The van der Waals surface area contributed by atoms with Gasteiger partial charge in [0.2, 0.25) is 5.91 Å². The number of aliphatic hydroxyl groups excluding tert-OH is 1. The van der Waals surface area contributed by atoms with Gasteiger partial charge >= 0.3 is 0 Å². The van der Waals surface area contributed by atoms with Gasteiger partial charge in [-0.2, -0.15) is 0 Å². The number of hydrogen-bond acceptors (Lipinski definition) is 5. The van der Waals surface area contributed by atoms with Crippen LogP contribution in [0.4, 0.5) is 5.69 Å². The molecule has 6 nitrogen and oxygen atoms in total. The Kier molecular flexibility index (Phi) is 5.86. The molecule has 27 heavy (non-hydrogen) atoms. The number of carbonyl (C=O) groups is 1. The van der Waals surface area contributed by atoms with Crippen molar-refractivity contribution in [2.45, 2.75) is 18.9 Å². The molecule has 1 aliphatic heterocycles. The van der Waals surface area contributed by atoms with Crippen LogP contribution in [-0.2, 0) is 11.2 Å². The molecule has 1 amide bonds. The summed E-state index contributed by atoms with van der Waals surface area (Å²) < 4.78 is 15.8. The molecule has 0 saturated carbocycles. The maximum Gasteiger partial charge on any atom is 0.230 e. The number of amides is 1. The van der Waals surface area contributed by atoms with Gasteiger partial charge in [0.15, 0.2) is 11.5 Å². The van der Waals surface area contributed by atoms with Crippen LogP contribution in [0.15, 0.2) is 42.5 Å². The molecule has 1 fully saturated rings. The van der Waals surface area contributed by atoms with Crippen molar-refractivity contribution in [2.24, 2.45) is 5.92 Å². The normalized spacial score (nSPS) is 19.3. The van der Waals surface area contributed by atoms with Gasteiger partial charge in [-0.05, 0) is 54.8 Å². The molecule has 6 heteroatoms. The topological polar surface area (TPSA) is 68.2 Å². The third-order valence-electron chi connectivity index (χ3n) is 5.00. The third kappa shape index (κ3) is 3.85. The molecule has 1 saturated heterocycles. The predicted molar refractivity (Wildman–Crippen MR) is 103 cm³/mol. The maximum absolute atomic E-state index is 13.0. The molecule has 2 aromatic rings. The smallest absolute Gasteiger partial charge is 0.230 e. The second-order valence-corrected chi connectivity index (χ2v) is 6.57. The lowest BCUT2D eigenvalue weighted by atomic mass is 9.96. The zero-order valence-corrected chi connectivity index (χ0v) is 15.8. The van der Waals surface area contributed by atoms with Crippen LogP contribution < -0.4 is 19.1 Å². The van der Waals surface area contributed by atoms with E-state index in [0.717, 1.165) is 17.0 Å². The number of anilines is 1. The van der Waals surface area contributed by atoms with Crippen LogP contribution in [-0.4, -0.2) is 45.0 Å². The Morgan fingerprint density at radius 3 is 2.30 bits per heavy atom. The molecule has 144 valence electrons. The number of rotatable bonds is 7. The van der Waals surface area contributed by atoms with Gasteiger partial charge in [0, 0.05) is 11.6 Å². The van der Waals surface area contributed by atoms with E-state index in [2.05, 4.69) is 0 Å². The van der Waals surface area contributed by atoms with Gasteiger partial charge < -0.3 is 24.2 Å². The summed E-state index contributed by atoms with van der Waals surface area (Å²) in [7, 11) is 4.79. The molecule has 3 rings (SSSR count). The van der Waals surface area contributed by atoms with E-state index in [4.69, 9.17) is 14.2 Å². The molecule has 0 aromatic heterocycles. The summed E-state index contributed by atoms with van der Waals surface area (Å²) in [5, 5.41) is 9.80. The molecule has 2 unspecified atom stereocenters. The van der Waals surface area contributed by atoms with E-state index < -0.39 is 0 Å². The highest BCUT2D eigenvalue weighted by Crippen LogP contribution is 2.35. The molecule has 0 aliphatic carbocycles. The third-order valence-corrected chi connectivity index (χ3v) is 5.00. The highest BCUT2D eigenvalue weighted by Gasteiger charge is 2.39. The van der Waals surface area contributed by atoms with Crippen molar-refractivity contribution in [2.75, 3.05) is 32.8 Å². The minimum atomic E-state index is -0.226. The summed E-state index contributed by atoms with van der Waals surface area (Å²) in [6.45, 7) is -0.0692. The van der Waals surface area contributed by atoms with Crippen LogP contribution in [0.1, 0.15) is 12.0 Å². The van der Waals surface area contributed by atoms with Gasteiger partial charge in [0.05, 0.1) is 34.0 Å². The number of hydrogen-bond donors (Lipinski definition) is 1. The molecular formula is C21H25NO5. The second kappa shape index (κ2) is 8.31. The van der Waals surface area contributed by atoms with Crippen molar-refractivity contribution in [1.29, 1.82) is 0 Å². The number of nitrogens with zero attached hydrogens (tertiary/aromatic N) is 1. The minimum Gasteiger partial charge on any atom is -0.497 e. The summed E-state index contributed by atoms with van der Waals surface area (Å²) in [6.07, 6.45) is 1.19. The summed E-state index contributed by atoms with van der Waals surface area (Å²) in [4.78, 5) is 14.7. The average molecular weight is 371 g/mol. The highest BCUT2D eigenvalue weighted by atomic mass is 16.5. The standard InChI is InChI=1S/C21H25NO5/c1-25-18-7-5-16(6-8-18)22-17(13-23)12-15(21(22)24)10-14-4-9-19(26-2)20(11-14)27-3/h4-9,11,15,17,23H,10,12-13H2,1-3H3. The Labute approximate surface area is 159 Å². The van der Waals surface area contributed by atoms with Crippen molar-refractivity contribution in [1.82, 2.24) is 0 Å². The van der Waals surface area contributed by atoms with E-state index in [1.165, 1.54) is 0 Å². The number of aliphatic hydroxyl groups is 1. The Hall–Kier alpha value is -2.73. The lowest BCUT2D eigenvalue weighted by Gasteiger charge is -2.23. The predicted octanol–water partition coefficient (Wildman–Crippen LogP) is 2.67. The fraction of sp³-hybridized carbons (Fsp3) is 0.381. The Morgan fingerprint density at radius 1 is 1.00 bits per heavy atom. The van der Waals surface area contributed by atoms with E-state index in [1.54, 1.807) is 26.2 Å². The monoisotopic (exact) mass is 371 g/mol. The van der Waals surface area contributed by atoms with Crippen LogP contribution >= 0.6 is 0 Å². The van der Waals surface area contributed by atoms with Crippen LogP contribution in [0.3, 0.4) is 0 Å². The fourth-order valence-electron chi connectivity index (χ4n) is 3.61.